The number of aryl methyl sites for hydroxylation is 1. The summed E-state index contributed by atoms with van der Waals surface area (Å²) in [4.78, 5) is 12.9. The highest BCUT2D eigenvalue weighted by molar-refractivity contribution is 7.99. The first-order valence-electron chi connectivity index (χ1n) is 10.5. The first-order valence-corrected chi connectivity index (χ1v) is 11.5. The van der Waals surface area contributed by atoms with E-state index in [4.69, 9.17) is 9.15 Å². The van der Waals surface area contributed by atoms with Crippen LogP contribution in [0.5, 0.6) is 5.75 Å². The predicted octanol–water partition coefficient (Wildman–Crippen LogP) is 5.79. The number of para-hydroxylation sites is 1. The molecule has 2 aromatic heterocycles. The SMILES string of the molecule is Cc1cc(C(=O)CSc2nnc([C@@H](C)Oc3ccccc3F)o2)c(C)n1Cc1ccccc1. The number of Topliss-reactive ketones (excluding diaryl/α,β-unsaturated/α-hetero) is 1. The Morgan fingerprint density at radius 2 is 1.85 bits per heavy atom. The lowest BCUT2D eigenvalue weighted by Gasteiger charge is -2.11. The number of thioether (sulfide) groups is 1. The Morgan fingerprint density at radius 3 is 2.61 bits per heavy atom. The second kappa shape index (κ2) is 10.0. The van der Waals surface area contributed by atoms with Gasteiger partial charge in [-0.25, -0.2) is 4.39 Å². The van der Waals surface area contributed by atoms with Crippen LogP contribution in [-0.4, -0.2) is 26.3 Å². The van der Waals surface area contributed by atoms with Crippen molar-refractivity contribution < 1.29 is 18.3 Å². The highest BCUT2D eigenvalue weighted by Crippen LogP contribution is 2.26. The third-order valence-corrected chi connectivity index (χ3v) is 6.11. The lowest BCUT2D eigenvalue weighted by molar-refractivity contribution is 0.102. The number of ether oxygens (including phenoxy) is 1. The monoisotopic (exact) mass is 465 g/mol. The number of carbonyl (C=O) groups is 1. The molecular weight excluding hydrogens is 441 g/mol. The van der Waals surface area contributed by atoms with Crippen molar-refractivity contribution in [3.8, 4) is 5.75 Å². The Morgan fingerprint density at radius 1 is 1.12 bits per heavy atom. The van der Waals surface area contributed by atoms with E-state index < -0.39 is 11.9 Å². The number of rotatable bonds is 9. The molecule has 0 aliphatic rings. The lowest BCUT2D eigenvalue weighted by Crippen LogP contribution is -2.07. The zero-order chi connectivity index (χ0) is 23.4. The minimum absolute atomic E-state index is 0.0113. The van der Waals surface area contributed by atoms with Gasteiger partial charge < -0.3 is 13.7 Å². The minimum Gasteiger partial charge on any atom is -0.478 e. The molecule has 33 heavy (non-hydrogen) atoms. The second-order valence-electron chi connectivity index (χ2n) is 7.67. The van der Waals surface area contributed by atoms with Gasteiger partial charge in [-0.05, 0) is 44.5 Å². The summed E-state index contributed by atoms with van der Waals surface area (Å²) < 4.78 is 27.1. The molecule has 8 heteroatoms. The van der Waals surface area contributed by atoms with Gasteiger partial charge in [0.05, 0.1) is 5.75 Å². The van der Waals surface area contributed by atoms with E-state index in [1.807, 2.05) is 38.1 Å². The molecule has 0 aliphatic carbocycles. The normalized spacial score (nSPS) is 12.0. The number of benzene rings is 2. The standard InChI is InChI=1S/C25H24FN3O3S/c1-16-13-20(17(2)29(16)14-19-9-5-4-6-10-19)22(30)15-33-25-28-27-24(32-25)18(3)31-23-12-8-7-11-21(23)26/h4-13,18H,14-15H2,1-3H3/t18-/m1/s1. The molecule has 0 bridgehead atoms. The second-order valence-corrected chi connectivity index (χ2v) is 8.59. The van der Waals surface area contributed by atoms with Gasteiger partial charge in [0.1, 0.15) is 0 Å². The van der Waals surface area contributed by atoms with E-state index in [-0.39, 0.29) is 28.4 Å². The van der Waals surface area contributed by atoms with Crippen molar-refractivity contribution in [1.29, 1.82) is 0 Å². The third kappa shape index (κ3) is 5.34. The van der Waals surface area contributed by atoms with Gasteiger partial charge >= 0.3 is 0 Å². The minimum atomic E-state index is -0.628. The first-order chi connectivity index (χ1) is 15.9. The zero-order valence-electron chi connectivity index (χ0n) is 18.6. The van der Waals surface area contributed by atoms with E-state index >= 15 is 0 Å². The molecular formula is C25H24FN3O3S. The summed E-state index contributed by atoms with van der Waals surface area (Å²) >= 11 is 1.17. The maximum absolute atomic E-state index is 13.8. The number of hydrogen-bond acceptors (Lipinski definition) is 6. The van der Waals surface area contributed by atoms with Crippen LogP contribution in [0, 0.1) is 19.7 Å². The number of aromatic nitrogens is 3. The summed E-state index contributed by atoms with van der Waals surface area (Å²) in [5, 5.41) is 8.22. The lowest BCUT2D eigenvalue weighted by atomic mass is 10.2. The highest BCUT2D eigenvalue weighted by atomic mass is 32.2. The van der Waals surface area contributed by atoms with Gasteiger partial charge in [-0.1, -0.05) is 54.2 Å². The molecule has 0 fully saturated rings. The fraction of sp³-hybridized carbons (Fsp3) is 0.240. The maximum atomic E-state index is 13.8. The molecule has 0 spiro atoms. The van der Waals surface area contributed by atoms with Crippen molar-refractivity contribution in [2.75, 3.05) is 5.75 Å². The van der Waals surface area contributed by atoms with Gasteiger partial charge in [0.15, 0.2) is 23.5 Å². The molecule has 6 nitrogen and oxygen atoms in total. The van der Waals surface area contributed by atoms with Crippen LogP contribution in [0.4, 0.5) is 4.39 Å². The van der Waals surface area contributed by atoms with E-state index in [0.717, 1.165) is 11.4 Å². The average Bonchev–Trinajstić information content (AvgIpc) is 3.40. The van der Waals surface area contributed by atoms with Crippen LogP contribution >= 0.6 is 11.8 Å². The van der Waals surface area contributed by atoms with Crippen molar-refractivity contribution in [3.63, 3.8) is 0 Å². The number of carbonyl (C=O) groups excluding carboxylic acids is 1. The number of nitrogens with zero attached hydrogens (tertiary/aromatic N) is 3. The molecule has 1 atom stereocenters. The molecule has 4 rings (SSSR count). The van der Waals surface area contributed by atoms with Crippen LogP contribution in [-0.2, 0) is 6.54 Å². The van der Waals surface area contributed by atoms with Gasteiger partial charge in [0.25, 0.3) is 11.1 Å². The van der Waals surface area contributed by atoms with Crippen molar-refractivity contribution in [2.24, 2.45) is 0 Å². The third-order valence-electron chi connectivity index (χ3n) is 5.29. The zero-order valence-corrected chi connectivity index (χ0v) is 19.4. The van der Waals surface area contributed by atoms with Gasteiger partial charge in [0, 0.05) is 23.5 Å². The molecule has 2 aromatic carbocycles. The fourth-order valence-electron chi connectivity index (χ4n) is 3.52. The molecule has 0 aliphatic heterocycles. The summed E-state index contributed by atoms with van der Waals surface area (Å²) in [7, 11) is 0. The summed E-state index contributed by atoms with van der Waals surface area (Å²) in [5.74, 6) is 0.0178. The fourth-order valence-corrected chi connectivity index (χ4v) is 4.17. The summed E-state index contributed by atoms with van der Waals surface area (Å²) in [6, 6.07) is 18.2. The Hall–Kier alpha value is -3.39. The molecule has 170 valence electrons. The van der Waals surface area contributed by atoms with Gasteiger partial charge in [-0.2, -0.15) is 0 Å². The smallest absolute Gasteiger partial charge is 0.277 e. The van der Waals surface area contributed by atoms with Crippen LogP contribution in [0.3, 0.4) is 0 Å². The van der Waals surface area contributed by atoms with E-state index in [9.17, 15) is 9.18 Å². The Labute approximate surface area is 195 Å². The molecule has 0 saturated carbocycles. The topological polar surface area (TPSA) is 70.2 Å². The highest BCUT2D eigenvalue weighted by Gasteiger charge is 2.20. The Kier molecular flexibility index (Phi) is 6.93. The largest absolute Gasteiger partial charge is 0.478 e. The number of hydrogen-bond donors (Lipinski definition) is 0. The number of halogens is 1. The first kappa shape index (κ1) is 22.8. The van der Waals surface area contributed by atoms with Crippen LogP contribution in [0.25, 0.3) is 0 Å². The van der Waals surface area contributed by atoms with Crippen molar-refractivity contribution in [3.05, 3.63) is 94.9 Å². The van der Waals surface area contributed by atoms with Gasteiger partial charge in [0.2, 0.25) is 0 Å². The van der Waals surface area contributed by atoms with Crippen LogP contribution in [0.15, 0.2) is 70.3 Å². The van der Waals surface area contributed by atoms with Crippen LogP contribution < -0.4 is 4.74 Å². The van der Waals surface area contributed by atoms with Crippen molar-refractivity contribution >= 4 is 17.5 Å². The molecule has 0 radical (unpaired) electrons. The molecule has 0 N–H and O–H groups in total. The van der Waals surface area contributed by atoms with E-state index in [1.165, 1.54) is 29.5 Å². The summed E-state index contributed by atoms with van der Waals surface area (Å²) in [6.07, 6.45) is -0.628. The van der Waals surface area contributed by atoms with E-state index in [0.29, 0.717) is 12.1 Å². The molecule has 0 amide bonds. The molecule has 0 saturated heterocycles. The molecule has 0 unspecified atom stereocenters. The van der Waals surface area contributed by atoms with Gasteiger partial charge in [-0.15, -0.1) is 10.2 Å². The van der Waals surface area contributed by atoms with Crippen molar-refractivity contribution in [1.82, 2.24) is 14.8 Å². The molecule has 2 heterocycles. The van der Waals surface area contributed by atoms with Crippen LogP contribution in [0.2, 0.25) is 0 Å². The number of ketones is 1. The Bertz CT molecular complexity index is 1250. The van der Waals surface area contributed by atoms with Gasteiger partial charge in [-0.3, -0.25) is 4.79 Å². The summed E-state index contributed by atoms with van der Waals surface area (Å²) in [6.45, 7) is 6.37. The van der Waals surface area contributed by atoms with E-state index in [2.05, 4.69) is 26.9 Å². The Balaban J connectivity index is 1.38. The predicted molar refractivity (Wildman–Crippen MR) is 124 cm³/mol. The summed E-state index contributed by atoms with van der Waals surface area (Å²) in [5.41, 5.74) is 3.83. The average molecular weight is 466 g/mol. The van der Waals surface area contributed by atoms with Crippen LogP contribution in [0.1, 0.15) is 46.2 Å². The quantitative estimate of drug-likeness (QED) is 0.230. The maximum Gasteiger partial charge on any atom is 0.277 e. The van der Waals surface area contributed by atoms with Crippen molar-refractivity contribution in [2.45, 2.75) is 38.6 Å². The van der Waals surface area contributed by atoms with E-state index in [1.54, 1.807) is 19.1 Å². The molecule has 4 aromatic rings.